The molecule has 1 aromatic rings. The molecule has 3 rings (SSSR count). The van der Waals surface area contributed by atoms with Gasteiger partial charge in [0, 0.05) is 28.9 Å². The topological polar surface area (TPSA) is 35.5 Å². The maximum atomic E-state index is 12.2. The van der Waals surface area contributed by atoms with Crippen LogP contribution in [0, 0.1) is 22.7 Å². The molecule has 4 heteroatoms. The molecule has 39 heavy (non-hydrogen) atoms. The van der Waals surface area contributed by atoms with Gasteiger partial charge in [-0.3, -0.25) is 0 Å². The molecule has 2 aliphatic carbocycles. The van der Waals surface area contributed by atoms with Crippen LogP contribution in [0.4, 0.5) is 0 Å². The number of hydrogen-bond donors (Lipinski definition) is 0. The lowest BCUT2D eigenvalue weighted by Crippen LogP contribution is -2.50. The van der Waals surface area contributed by atoms with E-state index in [0.717, 1.165) is 44.1 Å². The Labute approximate surface area is 239 Å². The van der Waals surface area contributed by atoms with Crippen molar-refractivity contribution in [1.29, 1.82) is 0 Å². The van der Waals surface area contributed by atoms with Crippen LogP contribution in [-0.4, -0.2) is 27.0 Å². The molecule has 0 radical (unpaired) electrons. The van der Waals surface area contributed by atoms with E-state index in [1.54, 1.807) is 6.08 Å². The van der Waals surface area contributed by atoms with Crippen molar-refractivity contribution in [3.8, 4) is 11.8 Å². The zero-order valence-electron chi connectivity index (χ0n) is 25.4. The summed E-state index contributed by atoms with van der Waals surface area (Å²) in [7, 11) is -1.99. The van der Waals surface area contributed by atoms with Gasteiger partial charge in [-0.2, -0.15) is 0 Å². The molecule has 2 saturated carbocycles. The summed E-state index contributed by atoms with van der Waals surface area (Å²) in [6.45, 7) is 16.1. The van der Waals surface area contributed by atoms with Gasteiger partial charge in [-0.25, -0.2) is 4.79 Å². The van der Waals surface area contributed by atoms with Crippen LogP contribution in [0.15, 0.2) is 66.3 Å². The molecule has 0 bridgehead atoms. The van der Waals surface area contributed by atoms with Gasteiger partial charge in [0.15, 0.2) is 8.32 Å². The van der Waals surface area contributed by atoms with Crippen LogP contribution < -0.4 is 0 Å². The SMILES string of the molecule is CCOC(=O)/C=C1\CCCC[C@@]1(C)/C=C/C=C/[C@H](O[Si](C)(C)C(C)(C)C)C1(CC#Cc2ccccc2)CCC1. The van der Waals surface area contributed by atoms with E-state index in [0.29, 0.717) is 6.61 Å². The predicted octanol–water partition coefficient (Wildman–Crippen LogP) is 9.17. The van der Waals surface area contributed by atoms with Crippen LogP contribution in [-0.2, 0) is 14.0 Å². The van der Waals surface area contributed by atoms with E-state index in [1.165, 1.54) is 18.4 Å². The smallest absolute Gasteiger partial charge is 0.330 e. The van der Waals surface area contributed by atoms with E-state index >= 15 is 0 Å². The fraction of sp³-hybridized carbons (Fsp3) is 0.571. The van der Waals surface area contributed by atoms with Crippen molar-refractivity contribution < 1.29 is 14.0 Å². The second-order valence-electron chi connectivity index (χ2n) is 13.1. The fourth-order valence-electron chi connectivity index (χ4n) is 5.34. The summed E-state index contributed by atoms with van der Waals surface area (Å²) in [6.07, 6.45) is 19.4. The lowest BCUT2D eigenvalue weighted by Gasteiger charge is -2.50. The summed E-state index contributed by atoms with van der Waals surface area (Å²) in [4.78, 5) is 12.2. The first-order chi connectivity index (χ1) is 18.4. The first-order valence-electron chi connectivity index (χ1n) is 14.9. The highest BCUT2D eigenvalue weighted by Gasteiger charge is 2.48. The molecular weight excluding hydrogens is 496 g/mol. The van der Waals surface area contributed by atoms with Gasteiger partial charge in [0.2, 0.25) is 0 Å². The van der Waals surface area contributed by atoms with Crippen molar-refractivity contribution in [2.75, 3.05) is 6.61 Å². The van der Waals surface area contributed by atoms with Crippen molar-refractivity contribution in [1.82, 2.24) is 0 Å². The van der Waals surface area contributed by atoms with Gasteiger partial charge >= 0.3 is 5.97 Å². The number of carbonyl (C=O) groups excluding carboxylic acids is 1. The number of benzene rings is 1. The van der Waals surface area contributed by atoms with Gasteiger partial charge in [0.05, 0.1) is 12.7 Å². The van der Waals surface area contributed by atoms with E-state index in [9.17, 15) is 4.79 Å². The Morgan fingerprint density at radius 3 is 2.41 bits per heavy atom. The third kappa shape index (κ3) is 8.32. The maximum Gasteiger partial charge on any atom is 0.330 e. The number of carbonyl (C=O) groups is 1. The second kappa shape index (κ2) is 13.3. The number of ether oxygens (including phenoxy) is 1. The van der Waals surface area contributed by atoms with Crippen LogP contribution in [0.25, 0.3) is 0 Å². The van der Waals surface area contributed by atoms with Crippen molar-refractivity contribution in [2.45, 2.75) is 110 Å². The van der Waals surface area contributed by atoms with Crippen molar-refractivity contribution in [3.63, 3.8) is 0 Å². The van der Waals surface area contributed by atoms with Gasteiger partial charge in [-0.1, -0.05) is 100 Å². The molecule has 0 spiro atoms. The molecular formula is C35H50O3Si. The largest absolute Gasteiger partial charge is 0.463 e. The summed E-state index contributed by atoms with van der Waals surface area (Å²) in [5, 5.41) is 0.137. The van der Waals surface area contributed by atoms with Gasteiger partial charge in [-0.05, 0) is 69.3 Å². The first kappa shape index (κ1) is 31.2. The Bertz CT molecular complexity index is 1110. The first-order valence-corrected chi connectivity index (χ1v) is 17.8. The molecule has 0 heterocycles. The normalized spacial score (nSPS) is 23.3. The molecule has 0 unspecified atom stereocenters. The quantitative estimate of drug-likeness (QED) is 0.102. The van der Waals surface area contributed by atoms with Gasteiger partial charge < -0.3 is 9.16 Å². The molecule has 0 saturated heterocycles. The second-order valence-corrected chi connectivity index (χ2v) is 17.9. The molecule has 0 amide bonds. The molecule has 1 aromatic carbocycles. The highest BCUT2D eigenvalue weighted by Crippen LogP contribution is 2.51. The van der Waals surface area contributed by atoms with Crippen molar-refractivity contribution in [2.24, 2.45) is 10.8 Å². The van der Waals surface area contributed by atoms with Crippen LogP contribution >= 0.6 is 0 Å². The minimum absolute atomic E-state index is 0.0376. The summed E-state index contributed by atoms with van der Waals surface area (Å²) in [5.74, 6) is 6.67. The summed E-state index contributed by atoms with van der Waals surface area (Å²) in [5.41, 5.74) is 2.18. The molecule has 212 valence electrons. The van der Waals surface area contributed by atoms with E-state index in [-0.39, 0.29) is 27.9 Å². The number of esters is 1. The Balaban J connectivity index is 1.85. The van der Waals surface area contributed by atoms with Gasteiger partial charge in [0.25, 0.3) is 0 Å². The fourth-order valence-corrected chi connectivity index (χ4v) is 6.66. The molecule has 2 aliphatic rings. The van der Waals surface area contributed by atoms with E-state index in [1.807, 2.05) is 25.1 Å². The van der Waals surface area contributed by atoms with E-state index < -0.39 is 8.32 Å². The predicted molar refractivity (Wildman–Crippen MR) is 166 cm³/mol. The lowest BCUT2D eigenvalue weighted by molar-refractivity contribution is -0.137. The minimum atomic E-state index is -1.99. The highest BCUT2D eigenvalue weighted by molar-refractivity contribution is 6.74. The summed E-state index contributed by atoms with van der Waals surface area (Å²) >= 11 is 0. The third-order valence-corrected chi connectivity index (χ3v) is 13.6. The zero-order chi connectivity index (χ0) is 28.6. The number of allylic oxidation sites excluding steroid dienone is 4. The maximum absolute atomic E-state index is 12.2. The number of hydrogen-bond acceptors (Lipinski definition) is 3. The van der Waals surface area contributed by atoms with Crippen molar-refractivity contribution >= 4 is 14.3 Å². The molecule has 2 atom stereocenters. The monoisotopic (exact) mass is 546 g/mol. The molecule has 3 nitrogen and oxygen atoms in total. The standard InChI is InChI=1S/C35H50O3Si/c1-8-37-32(36)28-30-21-12-14-23-34(30,5)24-15-13-22-31(38-39(6,7)33(2,3)4)35(26-17-27-35)25-16-20-29-18-10-9-11-19-29/h9-11,13,15,18-19,22,24,28,31H,8,12,14,17,21,23,25-27H2,1-7H3/b22-13+,24-15+,30-28+/t31-,34-/m0/s1. The highest BCUT2D eigenvalue weighted by atomic mass is 28.4. The molecule has 2 fully saturated rings. The van der Waals surface area contributed by atoms with E-state index in [2.05, 4.69) is 89.1 Å². The number of rotatable bonds is 9. The Kier molecular flexibility index (Phi) is 10.7. The molecule has 0 aliphatic heterocycles. The van der Waals surface area contributed by atoms with Crippen LogP contribution in [0.1, 0.15) is 91.5 Å². The van der Waals surface area contributed by atoms with Gasteiger partial charge in [0.1, 0.15) is 0 Å². The minimum Gasteiger partial charge on any atom is -0.463 e. The third-order valence-electron chi connectivity index (χ3n) is 9.19. The zero-order valence-corrected chi connectivity index (χ0v) is 26.4. The van der Waals surface area contributed by atoms with Crippen molar-refractivity contribution in [3.05, 3.63) is 71.8 Å². The molecule has 0 N–H and O–H groups in total. The van der Waals surface area contributed by atoms with Crippen LogP contribution in [0.5, 0.6) is 0 Å². The lowest BCUT2D eigenvalue weighted by atomic mass is 9.63. The Hall–Kier alpha value is -2.35. The Morgan fingerprint density at radius 1 is 1.08 bits per heavy atom. The summed E-state index contributed by atoms with van der Waals surface area (Å²) < 4.78 is 12.3. The van der Waals surface area contributed by atoms with Crippen LogP contribution in [0.3, 0.4) is 0 Å². The molecule has 0 aromatic heterocycles. The average Bonchev–Trinajstić information content (AvgIpc) is 2.84. The average molecular weight is 547 g/mol. The van der Waals surface area contributed by atoms with Crippen LogP contribution in [0.2, 0.25) is 18.1 Å². The summed E-state index contributed by atoms with van der Waals surface area (Å²) in [6, 6.07) is 10.3. The Morgan fingerprint density at radius 2 is 1.79 bits per heavy atom. The van der Waals surface area contributed by atoms with Gasteiger partial charge in [-0.15, -0.1) is 0 Å². The van der Waals surface area contributed by atoms with E-state index in [4.69, 9.17) is 9.16 Å².